The highest BCUT2D eigenvalue weighted by molar-refractivity contribution is 6.01. The van der Waals surface area contributed by atoms with E-state index in [1.54, 1.807) is 0 Å². The van der Waals surface area contributed by atoms with Crippen molar-refractivity contribution in [2.45, 2.75) is 19.3 Å². The summed E-state index contributed by atoms with van der Waals surface area (Å²) in [6, 6.07) is 20.3. The van der Waals surface area contributed by atoms with Crippen molar-refractivity contribution >= 4 is 11.4 Å². The lowest BCUT2D eigenvalue weighted by molar-refractivity contribution is -0.115. The number of carbonyl (C=O) groups excluding carboxylic acids is 1. The third-order valence-corrected chi connectivity index (χ3v) is 4.30. The molecule has 1 heterocycles. The number of nitrogens with zero attached hydrogens (tertiary/aromatic N) is 1. The maximum atomic E-state index is 12.6. The van der Waals surface area contributed by atoms with Gasteiger partial charge in [-0.2, -0.15) is 0 Å². The Bertz CT molecular complexity index is 613. The summed E-state index contributed by atoms with van der Waals surface area (Å²) in [5, 5.41) is 0. The fourth-order valence-corrected chi connectivity index (χ4v) is 3.11. The van der Waals surface area contributed by atoms with Gasteiger partial charge in [0, 0.05) is 0 Å². The fourth-order valence-electron chi connectivity index (χ4n) is 3.11. The summed E-state index contributed by atoms with van der Waals surface area (Å²) >= 11 is 0. The van der Waals surface area contributed by atoms with E-state index < -0.39 is 0 Å². The molecule has 0 aromatic heterocycles. The van der Waals surface area contributed by atoms with Crippen molar-refractivity contribution in [2.75, 3.05) is 19.6 Å². The van der Waals surface area contributed by atoms with Crippen LogP contribution in [0.15, 0.2) is 66.7 Å². The summed E-state index contributed by atoms with van der Waals surface area (Å²) in [4.78, 5) is 14.8. The number of carbonyl (C=O) groups is 1. The number of hydrogen-bond donors (Lipinski definition) is 0. The van der Waals surface area contributed by atoms with Gasteiger partial charge in [-0.15, -0.1) is 0 Å². The average molecular weight is 305 g/mol. The highest BCUT2D eigenvalue weighted by Crippen LogP contribution is 2.23. The zero-order valence-corrected chi connectivity index (χ0v) is 13.4. The van der Waals surface area contributed by atoms with Crippen LogP contribution in [0.3, 0.4) is 0 Å². The van der Waals surface area contributed by atoms with Gasteiger partial charge in [0.05, 0.1) is 6.54 Å². The third kappa shape index (κ3) is 4.40. The Kier molecular flexibility index (Phi) is 5.38. The quantitative estimate of drug-likeness (QED) is 0.773. The number of hydrogen-bond acceptors (Lipinski definition) is 2. The van der Waals surface area contributed by atoms with Crippen LogP contribution in [-0.4, -0.2) is 30.3 Å². The minimum atomic E-state index is 0.189. The van der Waals surface area contributed by atoms with Gasteiger partial charge in [-0.05, 0) is 48.7 Å². The highest BCUT2D eigenvalue weighted by Gasteiger charge is 2.14. The van der Waals surface area contributed by atoms with Gasteiger partial charge in [0.2, 0.25) is 0 Å². The molecule has 1 aliphatic heterocycles. The lowest BCUT2D eigenvalue weighted by atomic mass is 9.96. The van der Waals surface area contributed by atoms with Gasteiger partial charge in [-0.1, -0.05) is 67.1 Å². The van der Waals surface area contributed by atoms with Crippen LogP contribution < -0.4 is 0 Å². The average Bonchev–Trinajstić information content (AvgIpc) is 2.62. The molecule has 0 atom stereocenters. The molecule has 23 heavy (non-hydrogen) atoms. The molecule has 0 amide bonds. The van der Waals surface area contributed by atoms with E-state index in [2.05, 4.69) is 29.2 Å². The second-order valence-corrected chi connectivity index (χ2v) is 6.09. The Morgan fingerprint density at radius 2 is 1.35 bits per heavy atom. The molecular weight excluding hydrogens is 282 g/mol. The van der Waals surface area contributed by atoms with Crippen molar-refractivity contribution in [3.05, 3.63) is 77.9 Å². The van der Waals surface area contributed by atoms with Crippen molar-refractivity contribution in [2.24, 2.45) is 0 Å². The van der Waals surface area contributed by atoms with Crippen LogP contribution in [-0.2, 0) is 4.79 Å². The molecule has 118 valence electrons. The Balaban J connectivity index is 1.84. The summed E-state index contributed by atoms with van der Waals surface area (Å²) in [5.74, 6) is 0.189. The molecule has 2 heteroatoms. The largest absolute Gasteiger partial charge is 0.296 e. The summed E-state index contributed by atoms with van der Waals surface area (Å²) in [6.45, 7) is 2.63. The standard InChI is InChI=1S/C21H23NO/c23-20(17-22-14-8-3-9-15-22)16-21(18-10-4-1-5-11-18)19-12-6-2-7-13-19/h1-2,4-7,10-13,16H,3,8-9,14-15,17H2. The Morgan fingerprint density at radius 3 is 1.87 bits per heavy atom. The molecule has 2 aromatic carbocycles. The summed E-state index contributed by atoms with van der Waals surface area (Å²) in [5.41, 5.74) is 3.18. The van der Waals surface area contributed by atoms with E-state index in [-0.39, 0.29) is 5.78 Å². The van der Waals surface area contributed by atoms with Crippen molar-refractivity contribution < 1.29 is 4.79 Å². The van der Waals surface area contributed by atoms with Crippen molar-refractivity contribution in [1.82, 2.24) is 4.90 Å². The summed E-state index contributed by atoms with van der Waals surface area (Å²) in [6.07, 6.45) is 5.53. The molecule has 1 saturated heterocycles. The van der Waals surface area contributed by atoms with Crippen LogP contribution in [0.1, 0.15) is 30.4 Å². The molecule has 0 aliphatic carbocycles. The summed E-state index contributed by atoms with van der Waals surface area (Å²) in [7, 11) is 0. The second kappa shape index (κ2) is 7.89. The minimum Gasteiger partial charge on any atom is -0.296 e. The predicted molar refractivity (Wildman–Crippen MR) is 95.3 cm³/mol. The highest BCUT2D eigenvalue weighted by atomic mass is 16.1. The first-order valence-corrected chi connectivity index (χ1v) is 8.41. The monoisotopic (exact) mass is 305 g/mol. The maximum absolute atomic E-state index is 12.6. The van der Waals surface area contributed by atoms with Crippen molar-refractivity contribution in [3.63, 3.8) is 0 Å². The molecule has 2 nitrogen and oxygen atoms in total. The SMILES string of the molecule is O=C(C=C(c1ccccc1)c1ccccc1)CN1CCCCC1. The molecule has 0 bridgehead atoms. The zero-order chi connectivity index (χ0) is 15.9. The lowest BCUT2D eigenvalue weighted by Crippen LogP contribution is -2.33. The second-order valence-electron chi connectivity index (χ2n) is 6.09. The summed E-state index contributed by atoms with van der Waals surface area (Å²) < 4.78 is 0. The van der Waals surface area contributed by atoms with Gasteiger partial charge in [0.25, 0.3) is 0 Å². The number of benzene rings is 2. The van der Waals surface area contributed by atoms with E-state index in [9.17, 15) is 4.79 Å². The smallest absolute Gasteiger partial charge is 0.170 e. The van der Waals surface area contributed by atoms with Crippen LogP contribution in [0.4, 0.5) is 0 Å². The van der Waals surface area contributed by atoms with Crippen LogP contribution in [0.25, 0.3) is 5.57 Å². The normalized spacial score (nSPS) is 15.1. The molecular formula is C21H23NO. The molecule has 0 N–H and O–H groups in total. The van der Waals surface area contributed by atoms with E-state index in [4.69, 9.17) is 0 Å². The predicted octanol–water partition coefficient (Wildman–Crippen LogP) is 4.17. The van der Waals surface area contributed by atoms with Crippen molar-refractivity contribution in [1.29, 1.82) is 0 Å². The molecule has 0 radical (unpaired) electrons. The third-order valence-electron chi connectivity index (χ3n) is 4.30. The number of likely N-dealkylation sites (tertiary alicyclic amines) is 1. The van der Waals surface area contributed by atoms with Gasteiger partial charge < -0.3 is 0 Å². The fraction of sp³-hybridized carbons (Fsp3) is 0.286. The van der Waals surface area contributed by atoms with Crippen LogP contribution in [0, 0.1) is 0 Å². The first-order chi connectivity index (χ1) is 11.3. The molecule has 0 unspecified atom stereocenters. The molecule has 0 saturated carbocycles. The van der Waals surface area contributed by atoms with E-state index in [0.29, 0.717) is 6.54 Å². The van der Waals surface area contributed by atoms with Gasteiger partial charge in [-0.25, -0.2) is 0 Å². The van der Waals surface area contributed by atoms with Crippen LogP contribution in [0.5, 0.6) is 0 Å². The Hall–Kier alpha value is -2.19. The molecule has 1 fully saturated rings. The van der Waals surface area contributed by atoms with Gasteiger partial charge in [-0.3, -0.25) is 9.69 Å². The first-order valence-electron chi connectivity index (χ1n) is 8.41. The van der Waals surface area contributed by atoms with E-state index in [1.807, 2.05) is 42.5 Å². The van der Waals surface area contributed by atoms with E-state index in [1.165, 1.54) is 19.3 Å². The van der Waals surface area contributed by atoms with Crippen molar-refractivity contribution in [3.8, 4) is 0 Å². The van der Waals surface area contributed by atoms with E-state index in [0.717, 1.165) is 29.8 Å². The Labute approximate surface area is 138 Å². The molecule has 2 aromatic rings. The van der Waals surface area contributed by atoms with Gasteiger partial charge >= 0.3 is 0 Å². The molecule has 1 aliphatic rings. The minimum absolute atomic E-state index is 0.189. The zero-order valence-electron chi connectivity index (χ0n) is 13.4. The van der Waals surface area contributed by atoms with Gasteiger partial charge in [0.1, 0.15) is 0 Å². The van der Waals surface area contributed by atoms with Crippen LogP contribution >= 0.6 is 0 Å². The van der Waals surface area contributed by atoms with Gasteiger partial charge in [0.15, 0.2) is 5.78 Å². The Morgan fingerprint density at radius 1 is 0.826 bits per heavy atom. The molecule has 3 rings (SSSR count). The van der Waals surface area contributed by atoms with Crippen LogP contribution in [0.2, 0.25) is 0 Å². The van der Waals surface area contributed by atoms with E-state index >= 15 is 0 Å². The maximum Gasteiger partial charge on any atom is 0.170 e. The number of ketones is 1. The number of piperidine rings is 1. The lowest BCUT2D eigenvalue weighted by Gasteiger charge is -2.25. The first kappa shape index (κ1) is 15.7. The molecule has 0 spiro atoms. The topological polar surface area (TPSA) is 20.3 Å². The number of rotatable bonds is 5.